The summed E-state index contributed by atoms with van der Waals surface area (Å²) in [6.07, 6.45) is 1.32. The molecule has 1 amide bonds. The fourth-order valence-electron chi connectivity index (χ4n) is 1.98. The van der Waals surface area contributed by atoms with Gasteiger partial charge in [0.15, 0.2) is 0 Å². The Morgan fingerprint density at radius 3 is 2.73 bits per heavy atom. The van der Waals surface area contributed by atoms with Crippen LogP contribution >= 0.6 is 12.4 Å². The first-order valence-electron chi connectivity index (χ1n) is 7.09. The van der Waals surface area contributed by atoms with Gasteiger partial charge >= 0.3 is 0 Å². The highest BCUT2D eigenvalue weighted by molar-refractivity contribution is 5.91. The zero-order valence-corrected chi connectivity index (χ0v) is 13.9. The van der Waals surface area contributed by atoms with Crippen LogP contribution in [0.1, 0.15) is 24.3 Å². The number of anilines is 1. The fourth-order valence-corrected chi connectivity index (χ4v) is 1.98. The van der Waals surface area contributed by atoms with Crippen LogP contribution in [0.4, 0.5) is 5.69 Å². The van der Waals surface area contributed by atoms with Crippen molar-refractivity contribution in [3.05, 3.63) is 35.7 Å². The Labute approximate surface area is 136 Å². The van der Waals surface area contributed by atoms with Crippen LogP contribution in [0.15, 0.2) is 28.7 Å². The second-order valence-corrected chi connectivity index (χ2v) is 5.00. The summed E-state index contributed by atoms with van der Waals surface area (Å²) in [7, 11) is 1.88. The average molecular weight is 324 g/mol. The molecule has 1 heterocycles. The van der Waals surface area contributed by atoms with E-state index in [-0.39, 0.29) is 18.3 Å². The molecule has 0 bridgehead atoms. The average Bonchev–Trinajstić information content (AvgIpc) is 2.79. The highest BCUT2D eigenvalue weighted by Gasteiger charge is 2.09. The maximum Gasteiger partial charge on any atom is 0.226 e. The first-order valence-corrected chi connectivity index (χ1v) is 7.09. The van der Waals surface area contributed by atoms with Crippen molar-refractivity contribution >= 4 is 24.0 Å². The zero-order chi connectivity index (χ0) is 15.2. The molecule has 0 unspecified atom stereocenters. The number of hydrogen-bond donors (Lipinski definition) is 2. The van der Waals surface area contributed by atoms with E-state index in [4.69, 9.17) is 4.42 Å². The molecule has 1 aromatic heterocycles. The van der Waals surface area contributed by atoms with Gasteiger partial charge in [-0.2, -0.15) is 0 Å². The van der Waals surface area contributed by atoms with Gasteiger partial charge in [-0.25, -0.2) is 4.98 Å². The third-order valence-corrected chi connectivity index (χ3v) is 3.25. The van der Waals surface area contributed by atoms with Crippen molar-refractivity contribution in [2.75, 3.05) is 18.9 Å². The molecule has 2 N–H and O–H groups in total. The van der Waals surface area contributed by atoms with E-state index in [1.807, 2.05) is 45.2 Å². The van der Waals surface area contributed by atoms with Gasteiger partial charge in [0.25, 0.3) is 0 Å². The lowest BCUT2D eigenvalue weighted by Gasteiger charge is -2.06. The SMILES string of the molecule is CNCCCC(=O)Nc1cccc(-c2nc(C)c(C)o2)c1.Cl. The molecule has 6 heteroatoms. The maximum atomic E-state index is 11.8. The third kappa shape index (κ3) is 4.86. The number of rotatable bonds is 6. The highest BCUT2D eigenvalue weighted by Crippen LogP contribution is 2.24. The van der Waals surface area contributed by atoms with Crippen LogP contribution in [0.2, 0.25) is 0 Å². The van der Waals surface area contributed by atoms with Gasteiger partial charge in [0.05, 0.1) is 5.69 Å². The normalized spacial score (nSPS) is 10.1. The van der Waals surface area contributed by atoms with Gasteiger partial charge in [-0.1, -0.05) is 6.07 Å². The zero-order valence-electron chi connectivity index (χ0n) is 13.1. The Balaban J connectivity index is 0.00000242. The molecule has 0 radical (unpaired) electrons. The second-order valence-electron chi connectivity index (χ2n) is 5.00. The second kappa shape index (κ2) is 8.56. The molecule has 0 aliphatic rings. The van der Waals surface area contributed by atoms with Crippen molar-refractivity contribution in [1.82, 2.24) is 10.3 Å². The number of carbonyl (C=O) groups is 1. The summed E-state index contributed by atoms with van der Waals surface area (Å²) in [6, 6.07) is 7.54. The molecular weight excluding hydrogens is 302 g/mol. The van der Waals surface area contributed by atoms with Gasteiger partial charge in [-0.05, 0) is 52.1 Å². The molecule has 120 valence electrons. The number of nitrogens with one attached hydrogen (secondary N) is 2. The number of halogens is 1. The van der Waals surface area contributed by atoms with Gasteiger partial charge in [0, 0.05) is 17.7 Å². The summed E-state index contributed by atoms with van der Waals surface area (Å²) in [5.74, 6) is 1.41. The molecule has 0 atom stereocenters. The van der Waals surface area contributed by atoms with Crippen molar-refractivity contribution in [1.29, 1.82) is 0 Å². The summed E-state index contributed by atoms with van der Waals surface area (Å²) in [6.45, 7) is 4.64. The number of benzene rings is 1. The van der Waals surface area contributed by atoms with Gasteiger partial charge in [-0.3, -0.25) is 4.79 Å². The standard InChI is InChI=1S/C16H21N3O2.ClH/c1-11-12(2)21-16(18-11)13-6-4-7-14(10-13)19-15(20)8-5-9-17-3;/h4,6-7,10,17H,5,8-9H2,1-3H3,(H,19,20);1H. The van der Waals surface area contributed by atoms with Crippen molar-refractivity contribution in [2.45, 2.75) is 26.7 Å². The molecule has 0 spiro atoms. The van der Waals surface area contributed by atoms with Crippen LogP contribution in [-0.4, -0.2) is 24.5 Å². The molecule has 2 aromatic rings. The lowest BCUT2D eigenvalue weighted by molar-refractivity contribution is -0.116. The Morgan fingerprint density at radius 1 is 1.32 bits per heavy atom. The lowest BCUT2D eigenvalue weighted by atomic mass is 10.2. The largest absolute Gasteiger partial charge is 0.441 e. The molecule has 0 fully saturated rings. The molecule has 5 nitrogen and oxygen atoms in total. The molecule has 0 aliphatic heterocycles. The van der Waals surface area contributed by atoms with Gasteiger partial charge in [0.2, 0.25) is 11.8 Å². The van der Waals surface area contributed by atoms with Crippen LogP contribution in [0.5, 0.6) is 0 Å². The fraction of sp³-hybridized carbons (Fsp3) is 0.375. The number of carbonyl (C=O) groups excluding carboxylic acids is 1. The van der Waals surface area contributed by atoms with E-state index >= 15 is 0 Å². The number of hydrogen-bond acceptors (Lipinski definition) is 4. The Bertz CT molecular complexity index is 606. The van der Waals surface area contributed by atoms with Crippen molar-refractivity contribution < 1.29 is 9.21 Å². The lowest BCUT2D eigenvalue weighted by Crippen LogP contribution is -2.15. The third-order valence-electron chi connectivity index (χ3n) is 3.25. The number of amides is 1. The number of aromatic nitrogens is 1. The van der Waals surface area contributed by atoms with E-state index in [0.717, 1.165) is 35.7 Å². The Hall–Kier alpha value is -1.85. The summed E-state index contributed by atoms with van der Waals surface area (Å²) >= 11 is 0. The minimum atomic E-state index is 0. The van der Waals surface area contributed by atoms with Crippen molar-refractivity contribution in [3.63, 3.8) is 0 Å². The Morgan fingerprint density at radius 2 is 2.09 bits per heavy atom. The predicted octanol–water partition coefficient (Wildman–Crippen LogP) is 3.32. The van der Waals surface area contributed by atoms with Crippen LogP contribution in [0.3, 0.4) is 0 Å². The summed E-state index contributed by atoms with van der Waals surface area (Å²) in [4.78, 5) is 16.2. The number of nitrogens with zero attached hydrogens (tertiary/aromatic N) is 1. The van der Waals surface area contributed by atoms with Crippen LogP contribution < -0.4 is 10.6 Å². The predicted molar refractivity (Wildman–Crippen MR) is 90.5 cm³/mol. The molecule has 0 saturated heterocycles. The van der Waals surface area contributed by atoms with E-state index in [2.05, 4.69) is 15.6 Å². The number of aryl methyl sites for hydroxylation is 2. The minimum Gasteiger partial charge on any atom is -0.441 e. The molecular formula is C16H22ClN3O2. The summed E-state index contributed by atoms with van der Waals surface area (Å²) in [5.41, 5.74) is 2.50. The van der Waals surface area contributed by atoms with Crippen molar-refractivity contribution in [2.24, 2.45) is 0 Å². The monoisotopic (exact) mass is 323 g/mol. The maximum absolute atomic E-state index is 11.8. The smallest absolute Gasteiger partial charge is 0.226 e. The first kappa shape index (κ1) is 18.2. The van der Waals surface area contributed by atoms with E-state index in [0.29, 0.717) is 12.3 Å². The minimum absolute atomic E-state index is 0. The van der Waals surface area contributed by atoms with Crippen LogP contribution in [0.25, 0.3) is 11.5 Å². The van der Waals surface area contributed by atoms with Crippen LogP contribution in [0, 0.1) is 13.8 Å². The molecule has 2 rings (SSSR count). The van der Waals surface area contributed by atoms with E-state index in [9.17, 15) is 4.79 Å². The quantitative estimate of drug-likeness (QED) is 0.800. The van der Waals surface area contributed by atoms with Gasteiger partial charge in [0.1, 0.15) is 5.76 Å². The molecule has 1 aromatic carbocycles. The highest BCUT2D eigenvalue weighted by atomic mass is 35.5. The number of oxazole rings is 1. The Kier molecular flexibility index (Phi) is 7.08. The van der Waals surface area contributed by atoms with E-state index < -0.39 is 0 Å². The van der Waals surface area contributed by atoms with E-state index in [1.54, 1.807) is 0 Å². The van der Waals surface area contributed by atoms with E-state index in [1.165, 1.54) is 0 Å². The topological polar surface area (TPSA) is 67.2 Å². The molecule has 0 saturated carbocycles. The summed E-state index contributed by atoms with van der Waals surface area (Å²) < 4.78 is 5.61. The van der Waals surface area contributed by atoms with Crippen LogP contribution in [-0.2, 0) is 4.79 Å². The van der Waals surface area contributed by atoms with Crippen molar-refractivity contribution in [3.8, 4) is 11.5 Å². The van der Waals surface area contributed by atoms with Gasteiger partial charge in [-0.15, -0.1) is 12.4 Å². The summed E-state index contributed by atoms with van der Waals surface area (Å²) in [5, 5.41) is 5.92. The van der Waals surface area contributed by atoms with Gasteiger partial charge < -0.3 is 15.1 Å². The molecule has 0 aliphatic carbocycles. The first-order chi connectivity index (χ1) is 10.1. The molecule has 22 heavy (non-hydrogen) atoms.